The Bertz CT molecular complexity index is 737. The first-order chi connectivity index (χ1) is 9.09. The number of aryl methyl sites for hydroxylation is 1. The van der Waals surface area contributed by atoms with Crippen molar-refractivity contribution in [1.82, 2.24) is 24.8 Å². The maximum Gasteiger partial charge on any atom is 0.177 e. The summed E-state index contributed by atoms with van der Waals surface area (Å²) >= 11 is 0. The Hall–Kier alpha value is -2.37. The van der Waals surface area contributed by atoms with Crippen molar-refractivity contribution in [3.05, 3.63) is 30.0 Å². The molecule has 0 bridgehead atoms. The Morgan fingerprint density at radius 1 is 1.21 bits per heavy atom. The van der Waals surface area contributed by atoms with Gasteiger partial charge < -0.3 is 5.73 Å². The Balaban J connectivity index is 2.27. The van der Waals surface area contributed by atoms with Crippen molar-refractivity contribution in [2.24, 2.45) is 7.05 Å². The van der Waals surface area contributed by atoms with Gasteiger partial charge in [-0.25, -0.2) is 4.68 Å². The third-order valence-electron chi connectivity index (χ3n) is 3.18. The monoisotopic (exact) mass is 256 g/mol. The molecule has 3 rings (SSSR count). The van der Waals surface area contributed by atoms with Gasteiger partial charge in [0.2, 0.25) is 0 Å². The highest BCUT2D eigenvalue weighted by molar-refractivity contribution is 5.77. The normalized spacial score (nSPS) is 11.6. The molecule has 19 heavy (non-hydrogen) atoms. The van der Waals surface area contributed by atoms with Crippen LogP contribution in [0.25, 0.3) is 16.9 Å². The highest BCUT2D eigenvalue weighted by Gasteiger charge is 2.19. The number of hydrogen-bond donors (Lipinski definition) is 1. The zero-order valence-corrected chi connectivity index (χ0v) is 11.2. The van der Waals surface area contributed by atoms with Gasteiger partial charge in [-0.15, -0.1) is 5.10 Å². The first-order valence-corrected chi connectivity index (χ1v) is 6.22. The fourth-order valence-electron chi connectivity index (χ4n) is 2.25. The number of hydrogen-bond acceptors (Lipinski definition) is 4. The summed E-state index contributed by atoms with van der Waals surface area (Å²) in [4.78, 5) is 0. The molecule has 0 saturated heterocycles. The summed E-state index contributed by atoms with van der Waals surface area (Å²) in [6.45, 7) is 4.14. The number of aromatic nitrogens is 5. The molecule has 6 heteroatoms. The molecule has 6 nitrogen and oxygen atoms in total. The molecule has 0 radical (unpaired) electrons. The predicted octanol–water partition coefficient (Wildman–Crippen LogP) is 1.86. The lowest BCUT2D eigenvalue weighted by Gasteiger charge is -2.04. The summed E-state index contributed by atoms with van der Waals surface area (Å²) in [5.41, 5.74) is 9.53. The molecule has 0 fully saturated rings. The minimum Gasteiger partial charge on any atom is -0.394 e. The summed E-state index contributed by atoms with van der Waals surface area (Å²) in [7, 11) is 1.87. The highest BCUT2D eigenvalue weighted by Crippen LogP contribution is 2.27. The maximum absolute atomic E-state index is 6.22. The van der Waals surface area contributed by atoms with Crippen LogP contribution in [0, 0.1) is 0 Å². The van der Waals surface area contributed by atoms with E-state index in [1.807, 2.05) is 31.3 Å². The summed E-state index contributed by atoms with van der Waals surface area (Å²) < 4.78 is 3.50. The van der Waals surface area contributed by atoms with Crippen molar-refractivity contribution in [3.8, 4) is 5.82 Å². The van der Waals surface area contributed by atoms with Crippen LogP contribution >= 0.6 is 0 Å². The lowest BCUT2D eigenvalue weighted by Crippen LogP contribution is -2.06. The molecule has 2 N–H and O–H groups in total. The molecule has 3 aromatic rings. The van der Waals surface area contributed by atoms with Gasteiger partial charge in [-0.2, -0.15) is 9.78 Å². The largest absolute Gasteiger partial charge is 0.394 e. The van der Waals surface area contributed by atoms with Crippen LogP contribution in [0.2, 0.25) is 0 Å². The second-order valence-corrected chi connectivity index (χ2v) is 4.89. The third kappa shape index (κ3) is 1.68. The molecule has 0 unspecified atom stereocenters. The molecule has 0 spiro atoms. The third-order valence-corrected chi connectivity index (χ3v) is 3.18. The zero-order chi connectivity index (χ0) is 13.6. The van der Waals surface area contributed by atoms with Gasteiger partial charge in [0.05, 0.1) is 11.2 Å². The first-order valence-electron chi connectivity index (χ1n) is 6.22. The smallest absolute Gasteiger partial charge is 0.177 e. The van der Waals surface area contributed by atoms with Gasteiger partial charge >= 0.3 is 0 Å². The van der Waals surface area contributed by atoms with Crippen LogP contribution < -0.4 is 5.73 Å². The summed E-state index contributed by atoms with van der Waals surface area (Å²) in [6.07, 6.45) is 0. The van der Waals surface area contributed by atoms with E-state index >= 15 is 0 Å². The van der Waals surface area contributed by atoms with Crippen molar-refractivity contribution in [2.45, 2.75) is 19.8 Å². The number of rotatable bonds is 2. The van der Waals surface area contributed by atoms with Crippen molar-refractivity contribution >= 4 is 16.7 Å². The minimum absolute atomic E-state index is 0.273. The molecule has 2 aromatic heterocycles. The predicted molar refractivity (Wildman–Crippen MR) is 74.1 cm³/mol. The maximum atomic E-state index is 6.22. The number of nitrogens with zero attached hydrogens (tertiary/aromatic N) is 5. The van der Waals surface area contributed by atoms with Crippen molar-refractivity contribution < 1.29 is 0 Å². The number of nitrogens with two attached hydrogens (primary N) is 1. The number of anilines is 1. The van der Waals surface area contributed by atoms with E-state index in [2.05, 4.69) is 29.3 Å². The van der Waals surface area contributed by atoms with E-state index in [1.54, 1.807) is 9.36 Å². The van der Waals surface area contributed by atoms with Gasteiger partial charge in [0, 0.05) is 7.05 Å². The van der Waals surface area contributed by atoms with E-state index < -0.39 is 0 Å². The van der Waals surface area contributed by atoms with Gasteiger partial charge in [0.1, 0.15) is 11.2 Å². The molecule has 0 saturated carbocycles. The van der Waals surface area contributed by atoms with E-state index in [-0.39, 0.29) is 5.92 Å². The molecule has 1 aromatic carbocycles. The van der Waals surface area contributed by atoms with E-state index in [0.29, 0.717) is 5.69 Å². The molecule has 0 atom stereocenters. The van der Waals surface area contributed by atoms with Gasteiger partial charge in [-0.1, -0.05) is 31.2 Å². The Morgan fingerprint density at radius 3 is 2.63 bits per heavy atom. The van der Waals surface area contributed by atoms with Crippen LogP contribution in [0.15, 0.2) is 24.3 Å². The average Bonchev–Trinajstić information content (AvgIpc) is 2.91. The van der Waals surface area contributed by atoms with Crippen LogP contribution in [0.3, 0.4) is 0 Å². The first kappa shape index (κ1) is 11.7. The van der Waals surface area contributed by atoms with Crippen LogP contribution in [-0.2, 0) is 7.05 Å². The SMILES string of the molecule is CC(C)c1nn(C)c(-n2nnc3ccccc32)c1N. The fourth-order valence-corrected chi connectivity index (χ4v) is 2.25. The van der Waals surface area contributed by atoms with Gasteiger partial charge in [0.15, 0.2) is 5.82 Å². The molecular formula is C13H16N6. The number of fused-ring (bicyclic) bond motifs is 1. The zero-order valence-electron chi connectivity index (χ0n) is 11.2. The summed E-state index contributed by atoms with van der Waals surface area (Å²) in [5, 5.41) is 12.8. The van der Waals surface area contributed by atoms with Gasteiger partial charge in [-0.3, -0.25) is 0 Å². The molecule has 0 aliphatic heterocycles. The van der Waals surface area contributed by atoms with Crippen molar-refractivity contribution in [2.75, 3.05) is 5.73 Å². The quantitative estimate of drug-likeness (QED) is 0.759. The van der Waals surface area contributed by atoms with E-state index in [9.17, 15) is 0 Å². The van der Waals surface area contributed by atoms with E-state index in [0.717, 1.165) is 22.5 Å². The number of nitrogen functional groups attached to an aromatic ring is 1. The highest BCUT2D eigenvalue weighted by atomic mass is 15.5. The molecule has 0 aliphatic carbocycles. The second kappa shape index (κ2) is 4.08. The van der Waals surface area contributed by atoms with Gasteiger partial charge in [-0.05, 0) is 18.1 Å². The number of para-hydroxylation sites is 1. The average molecular weight is 256 g/mol. The van der Waals surface area contributed by atoms with Crippen molar-refractivity contribution in [1.29, 1.82) is 0 Å². The fraction of sp³-hybridized carbons (Fsp3) is 0.308. The standard InChI is InChI=1S/C13H16N6/c1-8(2)12-11(14)13(18(3)16-12)19-10-7-5-4-6-9(10)15-17-19/h4-8H,14H2,1-3H3. The summed E-state index contributed by atoms with van der Waals surface area (Å²) in [6, 6.07) is 7.79. The van der Waals surface area contributed by atoms with Crippen molar-refractivity contribution in [3.63, 3.8) is 0 Å². The topological polar surface area (TPSA) is 74.5 Å². The van der Waals surface area contributed by atoms with Gasteiger partial charge in [0.25, 0.3) is 0 Å². The number of benzene rings is 1. The second-order valence-electron chi connectivity index (χ2n) is 4.89. The van der Waals surface area contributed by atoms with Crippen LogP contribution in [0.4, 0.5) is 5.69 Å². The van der Waals surface area contributed by atoms with Crippen LogP contribution in [-0.4, -0.2) is 24.8 Å². The Morgan fingerprint density at radius 2 is 1.95 bits per heavy atom. The van der Waals surface area contributed by atoms with Crippen LogP contribution in [0.5, 0.6) is 0 Å². The lowest BCUT2D eigenvalue weighted by atomic mass is 10.1. The van der Waals surface area contributed by atoms with E-state index in [1.165, 1.54) is 0 Å². The molecule has 0 aliphatic rings. The summed E-state index contributed by atoms with van der Waals surface area (Å²) in [5.74, 6) is 1.03. The molecule has 0 amide bonds. The van der Waals surface area contributed by atoms with E-state index in [4.69, 9.17) is 5.73 Å². The Labute approximate surface area is 110 Å². The molecular weight excluding hydrogens is 240 g/mol. The molecule has 2 heterocycles. The minimum atomic E-state index is 0.273. The molecule has 98 valence electrons. The Kier molecular flexibility index (Phi) is 2.51. The lowest BCUT2D eigenvalue weighted by molar-refractivity contribution is 0.671. The van der Waals surface area contributed by atoms with Crippen LogP contribution in [0.1, 0.15) is 25.5 Å².